The number of aliphatic hydroxyl groups excluding tert-OH is 1. The van der Waals surface area contributed by atoms with Crippen LogP contribution in [0.1, 0.15) is 29.4 Å². The topological polar surface area (TPSA) is 63.0 Å². The Bertz CT molecular complexity index is 984. The van der Waals surface area contributed by atoms with E-state index in [9.17, 15) is 0 Å². The first-order valence-corrected chi connectivity index (χ1v) is 9.87. The summed E-state index contributed by atoms with van der Waals surface area (Å²) in [5.74, 6) is 1.40. The highest BCUT2D eigenvalue weighted by Crippen LogP contribution is 2.33. The molecule has 0 bridgehead atoms. The fraction of sp³-hybridized carbons (Fsp3) is 0.200. The minimum absolute atomic E-state index is 0.117. The second-order valence-electron chi connectivity index (χ2n) is 6.34. The van der Waals surface area contributed by atoms with E-state index in [1.165, 1.54) is 0 Å². The van der Waals surface area contributed by atoms with Crippen LogP contribution in [-0.4, -0.2) is 26.5 Å². The fourth-order valence-corrected chi connectivity index (χ4v) is 3.57. The number of aliphatic hydroxyl groups is 1. The first-order valence-electron chi connectivity index (χ1n) is 8.70. The number of aromatic nitrogens is 3. The number of rotatable bonds is 5. The van der Waals surface area contributed by atoms with E-state index < -0.39 is 0 Å². The Hall–Kier alpha value is -2.15. The van der Waals surface area contributed by atoms with Crippen molar-refractivity contribution < 1.29 is 5.11 Å². The SMILES string of the molecule is OCCCc1nc2n(n1)[C@@H](c1cccc(Cl)c1)C=C(c1ccc(Br)cc1)N2. The van der Waals surface area contributed by atoms with E-state index in [0.717, 1.165) is 21.3 Å². The highest BCUT2D eigenvalue weighted by molar-refractivity contribution is 9.10. The van der Waals surface area contributed by atoms with Gasteiger partial charge in [-0.25, -0.2) is 4.68 Å². The van der Waals surface area contributed by atoms with Gasteiger partial charge in [0, 0.05) is 28.2 Å². The largest absolute Gasteiger partial charge is 0.396 e. The molecular weight excluding hydrogens is 428 g/mol. The van der Waals surface area contributed by atoms with Crippen LogP contribution in [0.25, 0.3) is 5.70 Å². The minimum atomic E-state index is -0.117. The summed E-state index contributed by atoms with van der Waals surface area (Å²) in [7, 11) is 0. The maximum atomic E-state index is 9.10. The van der Waals surface area contributed by atoms with Gasteiger partial charge in [-0.05, 0) is 47.9 Å². The van der Waals surface area contributed by atoms with E-state index in [4.69, 9.17) is 16.7 Å². The van der Waals surface area contributed by atoms with Crippen LogP contribution < -0.4 is 5.32 Å². The highest BCUT2D eigenvalue weighted by atomic mass is 79.9. The van der Waals surface area contributed by atoms with E-state index in [2.05, 4.69) is 49.5 Å². The van der Waals surface area contributed by atoms with Gasteiger partial charge in [0.25, 0.3) is 0 Å². The van der Waals surface area contributed by atoms with E-state index in [1.807, 2.05) is 41.1 Å². The molecule has 1 atom stereocenters. The number of nitrogens with one attached hydrogen (secondary N) is 1. The molecule has 0 saturated heterocycles. The Morgan fingerprint density at radius 3 is 2.74 bits per heavy atom. The van der Waals surface area contributed by atoms with Crippen molar-refractivity contribution in [1.29, 1.82) is 0 Å². The maximum absolute atomic E-state index is 9.10. The molecule has 2 N–H and O–H groups in total. The smallest absolute Gasteiger partial charge is 0.226 e. The third-order valence-electron chi connectivity index (χ3n) is 4.41. The average molecular weight is 446 g/mol. The van der Waals surface area contributed by atoms with Gasteiger partial charge in [0.05, 0.1) is 0 Å². The number of fused-ring (bicyclic) bond motifs is 1. The van der Waals surface area contributed by atoms with Crippen LogP contribution in [0.5, 0.6) is 0 Å². The monoisotopic (exact) mass is 444 g/mol. The van der Waals surface area contributed by atoms with E-state index in [1.54, 1.807) is 0 Å². The normalized spacial score (nSPS) is 15.8. The van der Waals surface area contributed by atoms with Crippen LogP contribution in [0.4, 0.5) is 5.95 Å². The van der Waals surface area contributed by atoms with Gasteiger partial charge < -0.3 is 10.4 Å². The van der Waals surface area contributed by atoms with Gasteiger partial charge in [-0.15, -0.1) is 0 Å². The zero-order valence-electron chi connectivity index (χ0n) is 14.4. The molecule has 0 spiro atoms. The molecule has 3 aromatic rings. The summed E-state index contributed by atoms with van der Waals surface area (Å²) < 4.78 is 2.91. The predicted molar refractivity (Wildman–Crippen MR) is 111 cm³/mol. The van der Waals surface area contributed by atoms with Gasteiger partial charge in [0.15, 0.2) is 5.82 Å². The van der Waals surface area contributed by atoms with Crippen LogP contribution in [0.15, 0.2) is 59.1 Å². The standard InChI is InChI=1S/C20H18BrClN4O/c21-15-8-6-13(7-9-15)17-12-18(14-3-1-4-16(22)11-14)26-20(23-17)24-19(25-26)5-2-10-27/h1,3-4,6-9,11-12,18,27H,2,5,10H2,(H,23,24,25)/t18-/m1/s1. The second-order valence-corrected chi connectivity index (χ2v) is 7.69. The number of allylic oxidation sites excluding steroid dienone is 1. The Balaban J connectivity index is 1.77. The number of anilines is 1. The Morgan fingerprint density at radius 1 is 1.19 bits per heavy atom. The van der Waals surface area contributed by atoms with Crippen molar-refractivity contribution in [2.75, 3.05) is 11.9 Å². The molecule has 0 fully saturated rings. The highest BCUT2D eigenvalue weighted by Gasteiger charge is 2.25. The third-order valence-corrected chi connectivity index (χ3v) is 5.18. The zero-order valence-corrected chi connectivity index (χ0v) is 16.8. The maximum Gasteiger partial charge on any atom is 0.226 e. The lowest BCUT2D eigenvalue weighted by Crippen LogP contribution is -2.20. The molecule has 5 nitrogen and oxygen atoms in total. The molecular formula is C20H18BrClN4O. The minimum Gasteiger partial charge on any atom is -0.396 e. The number of hydrogen-bond acceptors (Lipinski definition) is 4. The molecule has 0 unspecified atom stereocenters. The second kappa shape index (κ2) is 7.84. The van der Waals surface area contributed by atoms with Gasteiger partial charge in [-0.1, -0.05) is 51.8 Å². The molecule has 0 radical (unpaired) electrons. The molecule has 4 rings (SSSR count). The lowest BCUT2D eigenvalue weighted by molar-refractivity contribution is 0.287. The number of halogens is 2. The number of aryl methyl sites for hydroxylation is 1. The zero-order chi connectivity index (χ0) is 18.8. The van der Waals surface area contributed by atoms with Gasteiger partial charge in [-0.2, -0.15) is 10.1 Å². The van der Waals surface area contributed by atoms with Crippen LogP contribution in [0.3, 0.4) is 0 Å². The Kier molecular flexibility index (Phi) is 5.29. The lowest BCUT2D eigenvalue weighted by atomic mass is 10.0. The average Bonchev–Trinajstić information content (AvgIpc) is 3.09. The summed E-state index contributed by atoms with van der Waals surface area (Å²) in [4.78, 5) is 4.63. The van der Waals surface area contributed by atoms with Crippen LogP contribution in [0, 0.1) is 0 Å². The number of nitrogens with zero attached hydrogens (tertiary/aromatic N) is 3. The van der Waals surface area contributed by atoms with E-state index in [-0.39, 0.29) is 12.6 Å². The van der Waals surface area contributed by atoms with Crippen molar-refractivity contribution in [3.63, 3.8) is 0 Å². The lowest BCUT2D eigenvalue weighted by Gasteiger charge is -2.24. The summed E-state index contributed by atoms with van der Waals surface area (Å²) in [6, 6.07) is 15.8. The van der Waals surface area contributed by atoms with Crippen molar-refractivity contribution in [1.82, 2.24) is 14.8 Å². The van der Waals surface area contributed by atoms with Gasteiger partial charge in [-0.3, -0.25) is 0 Å². The first kappa shape index (κ1) is 18.2. The number of hydrogen-bond donors (Lipinski definition) is 2. The molecule has 0 saturated carbocycles. The molecule has 0 aliphatic carbocycles. The Labute approximate surface area is 170 Å². The summed E-state index contributed by atoms with van der Waals surface area (Å²) in [5.41, 5.74) is 3.08. The van der Waals surface area contributed by atoms with Crippen molar-refractivity contribution >= 4 is 39.2 Å². The summed E-state index contributed by atoms with van der Waals surface area (Å²) in [5, 5.41) is 17.8. The third kappa shape index (κ3) is 3.93. The molecule has 0 amide bonds. The van der Waals surface area contributed by atoms with Crippen molar-refractivity contribution in [3.8, 4) is 0 Å². The van der Waals surface area contributed by atoms with E-state index >= 15 is 0 Å². The van der Waals surface area contributed by atoms with Gasteiger partial charge >= 0.3 is 0 Å². The molecule has 1 aromatic heterocycles. The molecule has 2 aromatic carbocycles. The van der Waals surface area contributed by atoms with Crippen molar-refractivity contribution in [2.24, 2.45) is 0 Å². The quantitative estimate of drug-likeness (QED) is 0.599. The molecule has 1 aliphatic rings. The van der Waals surface area contributed by atoms with Crippen LogP contribution >= 0.6 is 27.5 Å². The molecule has 2 heterocycles. The van der Waals surface area contributed by atoms with E-state index in [0.29, 0.717) is 29.6 Å². The summed E-state index contributed by atoms with van der Waals surface area (Å²) in [6.07, 6.45) is 3.40. The fourth-order valence-electron chi connectivity index (χ4n) is 3.11. The molecule has 1 aliphatic heterocycles. The van der Waals surface area contributed by atoms with Gasteiger partial charge in [0.2, 0.25) is 5.95 Å². The summed E-state index contributed by atoms with van der Waals surface area (Å²) >= 11 is 9.70. The molecule has 27 heavy (non-hydrogen) atoms. The van der Waals surface area contributed by atoms with Crippen molar-refractivity contribution in [2.45, 2.75) is 18.9 Å². The first-order chi connectivity index (χ1) is 13.1. The number of benzene rings is 2. The van der Waals surface area contributed by atoms with Gasteiger partial charge in [0.1, 0.15) is 6.04 Å². The molecule has 7 heteroatoms. The predicted octanol–water partition coefficient (Wildman–Crippen LogP) is 4.67. The van der Waals surface area contributed by atoms with Crippen LogP contribution in [0.2, 0.25) is 5.02 Å². The van der Waals surface area contributed by atoms with Crippen LogP contribution in [-0.2, 0) is 6.42 Å². The molecule has 138 valence electrons. The summed E-state index contributed by atoms with van der Waals surface area (Å²) in [6.45, 7) is 0.122. The van der Waals surface area contributed by atoms with Crippen molar-refractivity contribution in [3.05, 3.63) is 81.1 Å². The Morgan fingerprint density at radius 2 is 2.00 bits per heavy atom.